The summed E-state index contributed by atoms with van der Waals surface area (Å²) in [7, 11) is 1.91. The van der Waals surface area contributed by atoms with E-state index in [4.69, 9.17) is 0 Å². The fourth-order valence-electron chi connectivity index (χ4n) is 1.68. The number of nitrogens with zero attached hydrogens (tertiary/aromatic N) is 2. The summed E-state index contributed by atoms with van der Waals surface area (Å²) in [6, 6.07) is 2.01. The molecule has 1 heterocycles. The molecule has 0 saturated heterocycles. The van der Waals surface area contributed by atoms with Crippen molar-refractivity contribution in [3.05, 3.63) is 17.5 Å². The SMILES string of the molecule is CCNCC(C)(O)Cc1cc(C)nn1C. The van der Waals surface area contributed by atoms with Gasteiger partial charge in [-0.3, -0.25) is 4.68 Å². The molecule has 1 aromatic rings. The number of likely N-dealkylation sites (N-methyl/N-ethyl adjacent to an activating group) is 1. The van der Waals surface area contributed by atoms with Crippen LogP contribution >= 0.6 is 0 Å². The molecule has 0 aromatic carbocycles. The highest BCUT2D eigenvalue weighted by atomic mass is 16.3. The monoisotopic (exact) mass is 211 g/mol. The molecule has 0 aliphatic carbocycles. The number of nitrogens with one attached hydrogen (secondary N) is 1. The molecule has 15 heavy (non-hydrogen) atoms. The van der Waals surface area contributed by atoms with Crippen LogP contribution in [0.25, 0.3) is 0 Å². The Morgan fingerprint density at radius 1 is 1.60 bits per heavy atom. The van der Waals surface area contributed by atoms with E-state index in [-0.39, 0.29) is 0 Å². The van der Waals surface area contributed by atoms with Crippen molar-refractivity contribution >= 4 is 0 Å². The van der Waals surface area contributed by atoms with Gasteiger partial charge in [0.05, 0.1) is 11.3 Å². The Balaban J connectivity index is 2.63. The second-order valence-corrected chi connectivity index (χ2v) is 4.35. The van der Waals surface area contributed by atoms with Crippen LogP contribution in [0.2, 0.25) is 0 Å². The summed E-state index contributed by atoms with van der Waals surface area (Å²) in [5.41, 5.74) is 1.35. The average molecular weight is 211 g/mol. The van der Waals surface area contributed by atoms with Crippen molar-refractivity contribution in [1.82, 2.24) is 15.1 Å². The van der Waals surface area contributed by atoms with Crippen LogP contribution in [-0.4, -0.2) is 33.6 Å². The summed E-state index contributed by atoms with van der Waals surface area (Å²) in [5.74, 6) is 0. The molecule has 2 N–H and O–H groups in total. The molecule has 0 radical (unpaired) electrons. The molecule has 4 nitrogen and oxygen atoms in total. The van der Waals surface area contributed by atoms with Gasteiger partial charge in [-0.05, 0) is 26.5 Å². The maximum atomic E-state index is 10.1. The molecule has 4 heteroatoms. The summed E-state index contributed by atoms with van der Waals surface area (Å²) in [6.45, 7) is 7.32. The first-order valence-corrected chi connectivity index (χ1v) is 5.37. The summed E-state index contributed by atoms with van der Waals surface area (Å²) < 4.78 is 1.83. The predicted molar refractivity (Wildman–Crippen MR) is 60.8 cm³/mol. The van der Waals surface area contributed by atoms with E-state index in [9.17, 15) is 5.11 Å². The van der Waals surface area contributed by atoms with E-state index in [0.29, 0.717) is 13.0 Å². The van der Waals surface area contributed by atoms with Gasteiger partial charge >= 0.3 is 0 Å². The van der Waals surface area contributed by atoms with Gasteiger partial charge in [-0.15, -0.1) is 0 Å². The lowest BCUT2D eigenvalue weighted by atomic mass is 10.00. The zero-order chi connectivity index (χ0) is 11.5. The van der Waals surface area contributed by atoms with E-state index in [1.807, 2.05) is 38.6 Å². The first-order valence-electron chi connectivity index (χ1n) is 5.37. The van der Waals surface area contributed by atoms with Crippen molar-refractivity contribution in [3.63, 3.8) is 0 Å². The molecule has 1 unspecified atom stereocenters. The van der Waals surface area contributed by atoms with Crippen molar-refractivity contribution in [2.24, 2.45) is 7.05 Å². The normalized spacial score (nSPS) is 15.3. The minimum Gasteiger partial charge on any atom is -0.388 e. The Bertz CT molecular complexity index is 318. The van der Waals surface area contributed by atoms with Gasteiger partial charge in [0.15, 0.2) is 0 Å². The Labute approximate surface area is 91.3 Å². The fraction of sp³-hybridized carbons (Fsp3) is 0.727. The molecule has 0 saturated carbocycles. The Morgan fingerprint density at radius 2 is 2.27 bits per heavy atom. The maximum Gasteiger partial charge on any atom is 0.0798 e. The van der Waals surface area contributed by atoms with Gasteiger partial charge in [0, 0.05) is 25.7 Å². The van der Waals surface area contributed by atoms with Crippen LogP contribution in [-0.2, 0) is 13.5 Å². The highest BCUT2D eigenvalue weighted by Crippen LogP contribution is 2.12. The highest BCUT2D eigenvalue weighted by molar-refractivity contribution is 5.11. The summed E-state index contributed by atoms with van der Waals surface area (Å²) in [6.07, 6.45) is 0.622. The smallest absolute Gasteiger partial charge is 0.0798 e. The topological polar surface area (TPSA) is 50.1 Å². The minimum atomic E-state index is -0.712. The molecule has 0 bridgehead atoms. The van der Waals surface area contributed by atoms with Crippen LogP contribution in [0, 0.1) is 6.92 Å². The Morgan fingerprint density at radius 3 is 2.73 bits per heavy atom. The predicted octanol–water partition coefficient (Wildman–Crippen LogP) is 0.632. The third-order valence-electron chi connectivity index (χ3n) is 2.42. The Kier molecular flexibility index (Phi) is 3.88. The van der Waals surface area contributed by atoms with E-state index < -0.39 is 5.60 Å². The lowest BCUT2D eigenvalue weighted by Crippen LogP contribution is -2.40. The third-order valence-corrected chi connectivity index (χ3v) is 2.42. The van der Waals surface area contributed by atoms with Gasteiger partial charge in [0.25, 0.3) is 0 Å². The van der Waals surface area contributed by atoms with E-state index >= 15 is 0 Å². The molecule has 86 valence electrons. The molecule has 0 fully saturated rings. The minimum absolute atomic E-state index is 0.605. The first kappa shape index (κ1) is 12.2. The van der Waals surface area contributed by atoms with Crippen LogP contribution in [0.4, 0.5) is 0 Å². The largest absolute Gasteiger partial charge is 0.388 e. The number of aromatic nitrogens is 2. The van der Waals surface area contributed by atoms with Crippen molar-refractivity contribution < 1.29 is 5.11 Å². The average Bonchev–Trinajstić information content (AvgIpc) is 2.41. The quantitative estimate of drug-likeness (QED) is 0.751. The number of hydrogen-bond donors (Lipinski definition) is 2. The lowest BCUT2D eigenvalue weighted by molar-refractivity contribution is 0.0588. The van der Waals surface area contributed by atoms with Crippen molar-refractivity contribution in [3.8, 4) is 0 Å². The van der Waals surface area contributed by atoms with Crippen LogP contribution in [0.15, 0.2) is 6.07 Å². The standard InChI is InChI=1S/C11H21N3O/c1-5-12-8-11(3,15)7-10-6-9(2)13-14(10)4/h6,12,15H,5,7-8H2,1-4H3. The van der Waals surface area contributed by atoms with Gasteiger partial charge in [-0.2, -0.15) is 5.10 Å². The van der Waals surface area contributed by atoms with Crippen molar-refractivity contribution in [2.75, 3.05) is 13.1 Å². The van der Waals surface area contributed by atoms with Gasteiger partial charge in [0.1, 0.15) is 0 Å². The fourth-order valence-corrected chi connectivity index (χ4v) is 1.68. The van der Waals surface area contributed by atoms with Gasteiger partial charge in [-0.1, -0.05) is 6.92 Å². The molecular formula is C11H21N3O. The molecule has 0 spiro atoms. The van der Waals surface area contributed by atoms with Crippen molar-refractivity contribution in [2.45, 2.75) is 32.8 Å². The lowest BCUT2D eigenvalue weighted by Gasteiger charge is -2.23. The number of aliphatic hydroxyl groups is 1. The van der Waals surface area contributed by atoms with Crippen molar-refractivity contribution in [1.29, 1.82) is 0 Å². The van der Waals surface area contributed by atoms with Crippen LogP contribution < -0.4 is 5.32 Å². The second kappa shape index (κ2) is 4.77. The molecule has 1 aromatic heterocycles. The zero-order valence-corrected chi connectivity index (χ0v) is 10.0. The Hall–Kier alpha value is -0.870. The molecule has 1 atom stereocenters. The van der Waals surface area contributed by atoms with Gasteiger partial charge < -0.3 is 10.4 Å². The zero-order valence-electron chi connectivity index (χ0n) is 10.0. The molecule has 0 aliphatic rings. The molecule has 0 amide bonds. The van der Waals surface area contributed by atoms with Crippen LogP contribution in [0.1, 0.15) is 25.2 Å². The number of hydrogen-bond acceptors (Lipinski definition) is 3. The summed E-state index contributed by atoms with van der Waals surface area (Å²) >= 11 is 0. The van der Waals surface area contributed by atoms with Gasteiger partial charge in [-0.25, -0.2) is 0 Å². The first-order chi connectivity index (χ1) is 6.94. The molecular weight excluding hydrogens is 190 g/mol. The molecule has 1 rings (SSSR count). The second-order valence-electron chi connectivity index (χ2n) is 4.35. The van der Waals surface area contributed by atoms with Crippen LogP contribution in [0.5, 0.6) is 0 Å². The third kappa shape index (κ3) is 3.64. The molecule has 0 aliphatic heterocycles. The summed E-state index contributed by atoms with van der Waals surface area (Å²) in [4.78, 5) is 0. The maximum absolute atomic E-state index is 10.1. The highest BCUT2D eigenvalue weighted by Gasteiger charge is 2.22. The van der Waals surface area contributed by atoms with E-state index in [0.717, 1.165) is 17.9 Å². The number of aryl methyl sites for hydroxylation is 2. The van der Waals surface area contributed by atoms with E-state index in [2.05, 4.69) is 10.4 Å². The summed E-state index contributed by atoms with van der Waals surface area (Å²) in [5, 5.41) is 17.5. The van der Waals surface area contributed by atoms with Gasteiger partial charge in [0.2, 0.25) is 0 Å². The van der Waals surface area contributed by atoms with E-state index in [1.165, 1.54) is 0 Å². The van der Waals surface area contributed by atoms with E-state index in [1.54, 1.807) is 0 Å². The van der Waals surface area contributed by atoms with Crippen LogP contribution in [0.3, 0.4) is 0 Å². The number of rotatable bonds is 5.